The summed E-state index contributed by atoms with van der Waals surface area (Å²) in [4.78, 5) is 26.5. The molecule has 0 unspecified atom stereocenters. The highest BCUT2D eigenvalue weighted by molar-refractivity contribution is 6.04. The molecule has 3 aromatic rings. The Morgan fingerprint density at radius 2 is 2.22 bits per heavy atom. The van der Waals surface area contributed by atoms with E-state index < -0.39 is 10.8 Å². The van der Waals surface area contributed by atoms with E-state index in [1.54, 1.807) is 13.0 Å². The molecule has 0 bridgehead atoms. The Morgan fingerprint density at radius 1 is 1.39 bits per heavy atom. The van der Waals surface area contributed by atoms with Crippen LogP contribution >= 0.6 is 0 Å². The molecule has 0 spiro atoms. The van der Waals surface area contributed by atoms with Crippen molar-refractivity contribution in [1.29, 1.82) is 0 Å². The second kappa shape index (κ2) is 5.72. The van der Waals surface area contributed by atoms with Gasteiger partial charge >= 0.3 is 0 Å². The van der Waals surface area contributed by atoms with Gasteiger partial charge in [0.1, 0.15) is 6.26 Å². The molecule has 9 nitrogen and oxygen atoms in total. The highest BCUT2D eigenvalue weighted by atomic mass is 16.6. The maximum absolute atomic E-state index is 12.2. The van der Waals surface area contributed by atoms with E-state index in [0.29, 0.717) is 22.5 Å². The van der Waals surface area contributed by atoms with Crippen molar-refractivity contribution in [3.8, 4) is 11.4 Å². The number of amides is 1. The molecule has 23 heavy (non-hydrogen) atoms. The van der Waals surface area contributed by atoms with Crippen LogP contribution in [-0.2, 0) is 0 Å². The average Bonchev–Trinajstić information content (AvgIpc) is 3.17. The van der Waals surface area contributed by atoms with Crippen molar-refractivity contribution in [2.45, 2.75) is 6.92 Å². The summed E-state index contributed by atoms with van der Waals surface area (Å²) in [5.74, 6) is 0.105. The van der Waals surface area contributed by atoms with Crippen LogP contribution in [0.1, 0.15) is 15.9 Å². The average molecular weight is 313 g/mol. The van der Waals surface area contributed by atoms with E-state index in [-0.39, 0.29) is 11.6 Å². The highest BCUT2D eigenvalue weighted by Gasteiger charge is 2.15. The predicted octanol–water partition coefficient (Wildman–Crippen LogP) is 2.53. The van der Waals surface area contributed by atoms with Gasteiger partial charge in [-0.3, -0.25) is 25.3 Å². The van der Waals surface area contributed by atoms with Crippen LogP contribution in [0.15, 0.2) is 41.2 Å². The van der Waals surface area contributed by atoms with Crippen LogP contribution in [0.2, 0.25) is 0 Å². The number of carbonyl (C=O) groups excluding carboxylic acids is 1. The Kier molecular flexibility index (Phi) is 3.59. The quantitative estimate of drug-likeness (QED) is 0.563. The van der Waals surface area contributed by atoms with Gasteiger partial charge in [0.2, 0.25) is 5.95 Å². The number of nitrogens with zero attached hydrogens (tertiary/aromatic N) is 3. The van der Waals surface area contributed by atoms with Crippen molar-refractivity contribution < 1.29 is 14.1 Å². The molecule has 0 aliphatic rings. The molecule has 2 N–H and O–H groups in total. The number of carbonyl (C=O) groups is 1. The first-order chi connectivity index (χ1) is 11.0. The number of benzene rings is 1. The predicted molar refractivity (Wildman–Crippen MR) is 79.9 cm³/mol. The Balaban J connectivity index is 1.78. The fourth-order valence-corrected chi connectivity index (χ4v) is 2.03. The number of rotatable bonds is 4. The summed E-state index contributed by atoms with van der Waals surface area (Å²) in [6, 6.07) is 5.71. The lowest BCUT2D eigenvalue weighted by Gasteiger charge is -2.04. The minimum Gasteiger partial charge on any atom is -0.472 e. The van der Waals surface area contributed by atoms with Crippen molar-refractivity contribution in [2.24, 2.45) is 0 Å². The Bertz CT molecular complexity index is 869. The van der Waals surface area contributed by atoms with Crippen molar-refractivity contribution in [3.05, 3.63) is 58.0 Å². The molecule has 0 saturated heterocycles. The third-order valence-electron chi connectivity index (χ3n) is 3.17. The van der Waals surface area contributed by atoms with Crippen LogP contribution in [0.25, 0.3) is 11.4 Å². The van der Waals surface area contributed by atoms with E-state index in [9.17, 15) is 14.9 Å². The number of non-ortho nitro benzene ring substituents is 1. The summed E-state index contributed by atoms with van der Waals surface area (Å²) in [5, 5.41) is 19.8. The number of aryl methyl sites for hydroxylation is 1. The van der Waals surface area contributed by atoms with Gasteiger partial charge in [0.25, 0.3) is 11.6 Å². The third-order valence-corrected chi connectivity index (χ3v) is 3.17. The minimum atomic E-state index is -0.513. The monoisotopic (exact) mass is 313 g/mol. The van der Waals surface area contributed by atoms with E-state index in [4.69, 9.17) is 4.42 Å². The first-order valence-electron chi connectivity index (χ1n) is 6.56. The van der Waals surface area contributed by atoms with Gasteiger partial charge in [-0.1, -0.05) is 0 Å². The first-order valence-corrected chi connectivity index (χ1v) is 6.56. The van der Waals surface area contributed by atoms with Crippen LogP contribution in [0.4, 0.5) is 11.6 Å². The van der Waals surface area contributed by atoms with Gasteiger partial charge < -0.3 is 4.42 Å². The minimum absolute atomic E-state index is 0.0702. The molecule has 0 fully saturated rings. The zero-order chi connectivity index (χ0) is 16.4. The van der Waals surface area contributed by atoms with Gasteiger partial charge in [0, 0.05) is 17.7 Å². The summed E-state index contributed by atoms with van der Waals surface area (Å²) < 4.78 is 4.94. The van der Waals surface area contributed by atoms with Gasteiger partial charge in [0.15, 0.2) is 5.82 Å². The van der Waals surface area contributed by atoms with E-state index in [0.717, 1.165) is 0 Å². The summed E-state index contributed by atoms with van der Waals surface area (Å²) in [5.41, 5.74) is 1.43. The fraction of sp³-hybridized carbons (Fsp3) is 0.0714. The maximum atomic E-state index is 12.2. The summed E-state index contributed by atoms with van der Waals surface area (Å²) >= 11 is 0. The summed E-state index contributed by atoms with van der Waals surface area (Å²) in [7, 11) is 0. The highest BCUT2D eigenvalue weighted by Crippen LogP contribution is 2.19. The van der Waals surface area contributed by atoms with E-state index in [2.05, 4.69) is 20.5 Å². The molecule has 0 atom stereocenters. The molecule has 2 aromatic heterocycles. The smallest absolute Gasteiger partial charge is 0.269 e. The number of nitro benzene ring substituents is 1. The molecule has 116 valence electrons. The van der Waals surface area contributed by atoms with Crippen molar-refractivity contribution in [2.75, 3.05) is 5.32 Å². The topological polar surface area (TPSA) is 127 Å². The van der Waals surface area contributed by atoms with Crippen LogP contribution < -0.4 is 5.32 Å². The molecule has 0 aliphatic carbocycles. The maximum Gasteiger partial charge on any atom is 0.269 e. The van der Waals surface area contributed by atoms with Gasteiger partial charge in [-0.2, -0.15) is 4.98 Å². The molecule has 0 radical (unpaired) electrons. The summed E-state index contributed by atoms with van der Waals surface area (Å²) in [6.45, 7) is 1.62. The normalized spacial score (nSPS) is 10.5. The van der Waals surface area contributed by atoms with Crippen LogP contribution in [0.5, 0.6) is 0 Å². The Hall–Kier alpha value is -3.49. The second-order valence-electron chi connectivity index (χ2n) is 4.73. The Morgan fingerprint density at radius 3 is 2.87 bits per heavy atom. The largest absolute Gasteiger partial charge is 0.472 e. The molecular weight excluding hydrogens is 302 g/mol. The van der Waals surface area contributed by atoms with Gasteiger partial charge in [-0.15, -0.1) is 5.10 Å². The number of nitro groups is 1. The number of nitrogens with one attached hydrogen (secondary N) is 2. The third kappa shape index (κ3) is 2.93. The zero-order valence-corrected chi connectivity index (χ0v) is 11.9. The van der Waals surface area contributed by atoms with Gasteiger partial charge in [0.05, 0.1) is 16.7 Å². The molecule has 1 amide bonds. The Labute approximate surface area is 129 Å². The molecule has 2 heterocycles. The van der Waals surface area contributed by atoms with E-state index >= 15 is 0 Å². The van der Waals surface area contributed by atoms with Gasteiger partial charge in [-0.25, -0.2) is 0 Å². The van der Waals surface area contributed by atoms with Crippen LogP contribution in [0, 0.1) is 17.0 Å². The lowest BCUT2D eigenvalue weighted by Crippen LogP contribution is -2.14. The zero-order valence-electron chi connectivity index (χ0n) is 11.9. The van der Waals surface area contributed by atoms with Crippen molar-refractivity contribution in [3.63, 3.8) is 0 Å². The molecule has 3 rings (SSSR count). The lowest BCUT2D eigenvalue weighted by molar-refractivity contribution is -0.384. The van der Waals surface area contributed by atoms with Crippen LogP contribution in [0.3, 0.4) is 0 Å². The molecule has 9 heteroatoms. The molecular formula is C14H11N5O4. The van der Waals surface area contributed by atoms with Crippen LogP contribution in [-0.4, -0.2) is 26.0 Å². The molecule has 0 saturated carbocycles. The standard InChI is InChI=1S/C14H11N5O4/c1-8-6-10(19(21)22)2-3-11(8)13(20)16-14-15-12(17-18-14)9-4-5-23-7-9/h2-7H,1H3,(H2,15,16,17,18,20). The number of furan rings is 1. The number of aromatic amines is 1. The number of hydrogen-bond donors (Lipinski definition) is 2. The fourth-order valence-electron chi connectivity index (χ4n) is 2.03. The van der Waals surface area contributed by atoms with Crippen molar-refractivity contribution in [1.82, 2.24) is 15.2 Å². The van der Waals surface area contributed by atoms with Crippen molar-refractivity contribution >= 4 is 17.5 Å². The SMILES string of the molecule is Cc1cc([N+](=O)[O-])ccc1C(=O)Nc1n[nH]c(-c2ccoc2)n1. The lowest BCUT2D eigenvalue weighted by atomic mass is 10.1. The first kappa shape index (κ1) is 14.4. The second-order valence-corrected chi connectivity index (χ2v) is 4.73. The summed E-state index contributed by atoms with van der Waals surface area (Å²) in [6.07, 6.45) is 2.99. The number of anilines is 1. The number of aromatic nitrogens is 3. The molecule has 1 aromatic carbocycles. The van der Waals surface area contributed by atoms with E-state index in [1.807, 2.05) is 0 Å². The number of hydrogen-bond acceptors (Lipinski definition) is 6. The molecule has 0 aliphatic heterocycles. The van der Waals surface area contributed by atoms with E-state index in [1.165, 1.54) is 30.7 Å². The number of H-pyrrole nitrogens is 1. The van der Waals surface area contributed by atoms with Gasteiger partial charge in [-0.05, 0) is 24.6 Å².